The molecule has 6 nitrogen and oxygen atoms in total. The maximum Gasteiger partial charge on any atom is 0.283 e. The van der Waals surface area contributed by atoms with Crippen molar-refractivity contribution >= 4 is 62.3 Å². The number of hydrogen-bond donors (Lipinski definition) is 1. The molecule has 2 aromatic carbocycles. The number of benzene rings is 2. The molecule has 8 heteroatoms. The molecule has 0 spiro atoms. The second-order valence-corrected chi connectivity index (χ2v) is 10.9. The van der Waals surface area contributed by atoms with Crippen molar-refractivity contribution in [1.82, 2.24) is 9.58 Å². The number of rotatable bonds is 4. The normalized spacial score (nSPS) is 19.7. The van der Waals surface area contributed by atoms with Crippen LogP contribution in [0, 0.1) is 18.3 Å². The molecule has 1 fully saturated rings. The number of amides is 1. The molecule has 2 aliphatic heterocycles. The van der Waals surface area contributed by atoms with Crippen molar-refractivity contribution in [3.05, 3.63) is 75.9 Å². The number of hydrazone groups is 1. The molecule has 0 bridgehead atoms. The molecule has 36 heavy (non-hydrogen) atoms. The Labute approximate surface area is 219 Å². The first-order valence-corrected chi connectivity index (χ1v) is 13.5. The molecule has 0 saturated heterocycles. The van der Waals surface area contributed by atoms with Gasteiger partial charge in [-0.05, 0) is 61.4 Å². The van der Waals surface area contributed by atoms with Crippen molar-refractivity contribution in [2.75, 3.05) is 0 Å². The first-order valence-electron chi connectivity index (χ1n) is 12.3. The van der Waals surface area contributed by atoms with E-state index in [0.717, 1.165) is 45.6 Å². The van der Waals surface area contributed by atoms with Crippen molar-refractivity contribution in [3.63, 3.8) is 0 Å². The van der Waals surface area contributed by atoms with Crippen LogP contribution in [0.3, 0.4) is 0 Å². The molecule has 1 saturated carbocycles. The number of carbonyl (C=O) groups is 1. The highest BCUT2D eigenvalue weighted by Gasteiger charge is 2.38. The molecule has 1 N–H and O–H groups in total. The van der Waals surface area contributed by atoms with Crippen molar-refractivity contribution in [3.8, 4) is 0 Å². The highest BCUT2D eigenvalue weighted by Crippen LogP contribution is 2.37. The molecule has 1 amide bonds. The fraction of sp³-hybridized carbons (Fsp3) is 0.286. The van der Waals surface area contributed by atoms with Gasteiger partial charge in [0.25, 0.3) is 5.91 Å². The molecule has 0 atom stereocenters. The van der Waals surface area contributed by atoms with Crippen LogP contribution in [0.25, 0.3) is 17.0 Å². The number of carbonyl (C=O) groups excluding carboxylic acids is 1. The summed E-state index contributed by atoms with van der Waals surface area (Å²) in [6.45, 7) is 2.73. The van der Waals surface area contributed by atoms with Crippen molar-refractivity contribution in [1.29, 1.82) is 5.41 Å². The predicted octanol–water partition coefficient (Wildman–Crippen LogP) is 6.85. The average Bonchev–Trinajstić information content (AvgIpc) is 3.43. The Bertz CT molecular complexity index is 1480. The summed E-state index contributed by atoms with van der Waals surface area (Å²) in [7, 11) is 0. The van der Waals surface area contributed by atoms with Gasteiger partial charge in [0.15, 0.2) is 5.84 Å². The highest BCUT2D eigenvalue weighted by atomic mass is 35.5. The minimum atomic E-state index is -0.382. The van der Waals surface area contributed by atoms with E-state index < -0.39 is 0 Å². The van der Waals surface area contributed by atoms with Crippen molar-refractivity contribution < 1.29 is 4.79 Å². The number of nitrogens with one attached hydrogen (secondary N) is 1. The molecule has 6 rings (SSSR count). The van der Waals surface area contributed by atoms with Gasteiger partial charge in [-0.1, -0.05) is 61.2 Å². The smallest absolute Gasteiger partial charge is 0.283 e. The van der Waals surface area contributed by atoms with Gasteiger partial charge in [0.1, 0.15) is 5.04 Å². The van der Waals surface area contributed by atoms with Gasteiger partial charge in [-0.15, -0.1) is 0 Å². The number of para-hydroxylation sites is 1. The molecular weight excluding hydrogens is 490 g/mol. The Morgan fingerprint density at radius 1 is 1.11 bits per heavy atom. The maximum absolute atomic E-state index is 13.1. The minimum Gasteiger partial charge on any atom is -0.340 e. The lowest BCUT2D eigenvalue weighted by Gasteiger charge is -2.20. The monoisotopic (exact) mass is 515 g/mol. The van der Waals surface area contributed by atoms with E-state index in [2.05, 4.69) is 28.6 Å². The summed E-state index contributed by atoms with van der Waals surface area (Å²) >= 11 is 7.53. The Balaban J connectivity index is 1.38. The number of thioether (sulfide) groups is 1. The summed E-state index contributed by atoms with van der Waals surface area (Å²) in [5.74, 6) is 0.116. The van der Waals surface area contributed by atoms with E-state index in [4.69, 9.17) is 22.1 Å². The van der Waals surface area contributed by atoms with Crippen molar-refractivity contribution in [2.24, 2.45) is 16.0 Å². The van der Waals surface area contributed by atoms with Gasteiger partial charge in [0.2, 0.25) is 5.17 Å². The zero-order chi connectivity index (χ0) is 24.8. The van der Waals surface area contributed by atoms with Crippen molar-refractivity contribution in [2.45, 2.75) is 45.6 Å². The van der Waals surface area contributed by atoms with Crippen LogP contribution in [0.2, 0.25) is 5.02 Å². The summed E-state index contributed by atoms with van der Waals surface area (Å²) in [5, 5.41) is 18.4. The fourth-order valence-electron chi connectivity index (χ4n) is 5.28. The maximum atomic E-state index is 13.1. The van der Waals surface area contributed by atoms with Crippen LogP contribution in [-0.4, -0.2) is 31.5 Å². The van der Waals surface area contributed by atoms with E-state index >= 15 is 0 Å². The zero-order valence-electron chi connectivity index (χ0n) is 20.0. The van der Waals surface area contributed by atoms with Crippen LogP contribution < -0.4 is 0 Å². The standard InChI is InChI=1S/C28H26ClN5OS/c1-17-22(21-9-5-6-10-24(21)33(17)16-18-11-13-20(29)14-12-18)15-23-25(30)34-28(31-26(23)35)36-27(32-34)19-7-3-2-4-8-19/h5-6,9-15,19,30H,2-4,7-8,16H2,1H3/b23-15-,30-25?. The van der Waals surface area contributed by atoms with Gasteiger partial charge < -0.3 is 4.57 Å². The molecule has 182 valence electrons. The summed E-state index contributed by atoms with van der Waals surface area (Å²) < 4.78 is 2.24. The van der Waals surface area contributed by atoms with Crippen LogP contribution >= 0.6 is 23.4 Å². The minimum absolute atomic E-state index is 0.0947. The topological polar surface area (TPSA) is 73.8 Å². The van der Waals surface area contributed by atoms with Crippen LogP contribution in [0.1, 0.15) is 48.9 Å². The molecular formula is C28H26ClN5OS. The number of aromatic nitrogens is 1. The lowest BCUT2D eigenvalue weighted by atomic mass is 9.90. The number of fused-ring (bicyclic) bond motifs is 2. The van der Waals surface area contributed by atoms with Gasteiger partial charge in [-0.2, -0.15) is 15.1 Å². The number of nitrogens with zero attached hydrogens (tertiary/aromatic N) is 4. The Hall–Kier alpha value is -3.16. The van der Waals surface area contributed by atoms with Gasteiger partial charge in [0, 0.05) is 39.6 Å². The lowest BCUT2D eigenvalue weighted by Crippen LogP contribution is -2.35. The summed E-state index contributed by atoms with van der Waals surface area (Å²) in [4.78, 5) is 17.4. The van der Waals surface area contributed by atoms with E-state index in [1.54, 1.807) is 5.01 Å². The molecule has 1 aliphatic carbocycles. The van der Waals surface area contributed by atoms with E-state index in [1.807, 2.05) is 42.5 Å². The van der Waals surface area contributed by atoms with Crippen LogP contribution in [0.5, 0.6) is 0 Å². The largest absolute Gasteiger partial charge is 0.340 e. The number of amidine groups is 2. The first-order chi connectivity index (χ1) is 17.5. The van der Waals surface area contributed by atoms with E-state index in [9.17, 15) is 4.79 Å². The second kappa shape index (κ2) is 9.37. The van der Waals surface area contributed by atoms with E-state index in [0.29, 0.717) is 22.7 Å². The predicted molar refractivity (Wildman–Crippen MR) is 149 cm³/mol. The number of halogens is 1. The van der Waals surface area contributed by atoms with Gasteiger partial charge >= 0.3 is 0 Å². The van der Waals surface area contributed by atoms with E-state index in [1.165, 1.54) is 31.0 Å². The molecule has 0 radical (unpaired) electrons. The highest BCUT2D eigenvalue weighted by molar-refractivity contribution is 8.27. The lowest BCUT2D eigenvalue weighted by molar-refractivity contribution is -0.114. The van der Waals surface area contributed by atoms with Crippen LogP contribution in [-0.2, 0) is 11.3 Å². The summed E-state index contributed by atoms with van der Waals surface area (Å²) in [6.07, 6.45) is 7.73. The third-order valence-corrected chi connectivity index (χ3v) is 8.57. The molecule has 1 aromatic heterocycles. The summed E-state index contributed by atoms with van der Waals surface area (Å²) in [5.41, 5.74) is 4.43. The Morgan fingerprint density at radius 2 is 1.86 bits per heavy atom. The number of aliphatic imine (C=N–C) groups is 1. The van der Waals surface area contributed by atoms with Crippen LogP contribution in [0.15, 0.2) is 64.2 Å². The molecule has 3 aromatic rings. The molecule has 3 aliphatic rings. The van der Waals surface area contributed by atoms with Crippen LogP contribution in [0.4, 0.5) is 0 Å². The average molecular weight is 516 g/mol. The quantitative estimate of drug-likeness (QED) is 0.386. The molecule has 3 heterocycles. The van der Waals surface area contributed by atoms with Gasteiger partial charge in [0.05, 0.1) is 5.57 Å². The van der Waals surface area contributed by atoms with E-state index in [-0.39, 0.29) is 17.3 Å². The first kappa shape index (κ1) is 23.3. The Morgan fingerprint density at radius 3 is 2.64 bits per heavy atom. The molecule has 0 unspecified atom stereocenters. The second-order valence-electron chi connectivity index (χ2n) is 9.52. The van der Waals surface area contributed by atoms with Gasteiger partial charge in [-0.3, -0.25) is 10.2 Å². The zero-order valence-corrected chi connectivity index (χ0v) is 21.6. The Kier molecular flexibility index (Phi) is 6.05. The summed E-state index contributed by atoms with van der Waals surface area (Å²) in [6, 6.07) is 16.0. The number of hydrogen-bond acceptors (Lipinski definition) is 4. The fourth-order valence-corrected chi connectivity index (χ4v) is 6.47. The van der Waals surface area contributed by atoms with Gasteiger partial charge in [-0.25, -0.2) is 0 Å². The third-order valence-electron chi connectivity index (χ3n) is 7.25. The SMILES string of the molecule is Cc1c(/C=C2/C(=N)N3N=C(C4CCCCC4)SC3=NC2=O)c2ccccc2n1Cc1ccc(Cl)cc1. The third kappa shape index (κ3) is 4.10.